The van der Waals surface area contributed by atoms with E-state index < -0.39 is 0 Å². The highest BCUT2D eigenvalue weighted by Gasteiger charge is 2.07. The Bertz CT molecular complexity index is 979. The molecule has 0 spiro atoms. The highest BCUT2D eigenvalue weighted by molar-refractivity contribution is 8.01. The second-order valence-electron chi connectivity index (χ2n) is 5.52. The Kier molecular flexibility index (Phi) is 4.94. The van der Waals surface area contributed by atoms with Gasteiger partial charge in [0.15, 0.2) is 4.34 Å². The van der Waals surface area contributed by atoms with Crippen LogP contribution in [0.3, 0.4) is 0 Å². The van der Waals surface area contributed by atoms with Crippen molar-refractivity contribution >= 4 is 39.2 Å². The van der Waals surface area contributed by atoms with Gasteiger partial charge in [0.2, 0.25) is 5.91 Å². The molecule has 130 valence electrons. The van der Waals surface area contributed by atoms with Gasteiger partial charge in [0.05, 0.1) is 21.7 Å². The monoisotopic (exact) mass is 381 g/mol. The minimum absolute atomic E-state index is 0.00499. The largest absolute Gasteiger partial charge is 0.351 e. The first-order valence-corrected chi connectivity index (χ1v) is 9.77. The van der Waals surface area contributed by atoms with Crippen LogP contribution in [0.25, 0.3) is 15.9 Å². The van der Waals surface area contributed by atoms with E-state index in [1.807, 2.05) is 48.5 Å². The Hall–Kier alpha value is -2.71. The van der Waals surface area contributed by atoms with Crippen molar-refractivity contribution in [2.24, 2.45) is 0 Å². The Labute approximate surface area is 158 Å². The van der Waals surface area contributed by atoms with Gasteiger partial charge < -0.3 is 5.32 Å². The van der Waals surface area contributed by atoms with E-state index in [1.54, 1.807) is 22.3 Å². The summed E-state index contributed by atoms with van der Waals surface area (Å²) in [7, 11) is 0. The Morgan fingerprint density at radius 2 is 2.00 bits per heavy atom. The second-order valence-corrected chi connectivity index (χ2v) is 7.77. The average molecular weight is 381 g/mol. The summed E-state index contributed by atoms with van der Waals surface area (Å²) in [6.45, 7) is 0.497. The number of thioether (sulfide) groups is 1. The quantitative estimate of drug-likeness (QED) is 0.519. The SMILES string of the molecule is O=C(CSc1nc2ccccc2s1)NCc1ccc(-n2cncn2)cc1. The number of hydrogen-bond acceptors (Lipinski definition) is 6. The maximum absolute atomic E-state index is 12.1. The minimum atomic E-state index is -0.00499. The summed E-state index contributed by atoms with van der Waals surface area (Å²) in [6, 6.07) is 15.8. The van der Waals surface area contributed by atoms with E-state index in [0.29, 0.717) is 12.3 Å². The minimum Gasteiger partial charge on any atom is -0.351 e. The Balaban J connectivity index is 1.28. The molecule has 0 bridgehead atoms. The number of rotatable bonds is 6. The zero-order valence-electron chi connectivity index (χ0n) is 13.7. The van der Waals surface area contributed by atoms with Crippen LogP contribution < -0.4 is 5.32 Å². The van der Waals surface area contributed by atoms with Crippen molar-refractivity contribution in [3.63, 3.8) is 0 Å². The van der Waals surface area contributed by atoms with Gasteiger partial charge in [0.25, 0.3) is 0 Å². The van der Waals surface area contributed by atoms with Gasteiger partial charge in [-0.05, 0) is 29.8 Å². The van der Waals surface area contributed by atoms with E-state index in [1.165, 1.54) is 18.1 Å². The van der Waals surface area contributed by atoms with Crippen molar-refractivity contribution in [2.45, 2.75) is 10.9 Å². The molecule has 0 saturated carbocycles. The predicted octanol–water partition coefficient (Wildman–Crippen LogP) is 3.29. The predicted molar refractivity (Wildman–Crippen MR) is 104 cm³/mol. The number of nitrogens with zero attached hydrogens (tertiary/aromatic N) is 4. The standard InChI is InChI=1S/C18H15N5OS2/c24-17(10-25-18-22-15-3-1-2-4-16(15)26-18)20-9-13-5-7-14(8-6-13)23-12-19-11-21-23/h1-8,11-12H,9-10H2,(H,20,24). The lowest BCUT2D eigenvalue weighted by Crippen LogP contribution is -2.24. The molecule has 0 unspecified atom stereocenters. The zero-order valence-corrected chi connectivity index (χ0v) is 15.3. The molecule has 4 rings (SSSR count). The number of para-hydroxylation sites is 1. The number of benzene rings is 2. The lowest BCUT2D eigenvalue weighted by atomic mass is 10.2. The van der Waals surface area contributed by atoms with Crippen LogP contribution in [0.15, 0.2) is 65.5 Å². The van der Waals surface area contributed by atoms with Gasteiger partial charge in [-0.1, -0.05) is 36.0 Å². The molecule has 8 heteroatoms. The summed E-state index contributed by atoms with van der Waals surface area (Å²) in [5.74, 6) is 0.353. The van der Waals surface area contributed by atoms with Crippen LogP contribution in [0, 0.1) is 0 Å². The van der Waals surface area contributed by atoms with Crippen LogP contribution in [0.2, 0.25) is 0 Å². The fourth-order valence-electron chi connectivity index (χ4n) is 2.40. The summed E-state index contributed by atoms with van der Waals surface area (Å²) in [6.07, 6.45) is 3.15. The first kappa shape index (κ1) is 16.7. The first-order valence-electron chi connectivity index (χ1n) is 7.97. The van der Waals surface area contributed by atoms with Crippen LogP contribution in [0.5, 0.6) is 0 Å². The third-order valence-corrected chi connectivity index (χ3v) is 5.89. The Morgan fingerprint density at radius 1 is 1.15 bits per heavy atom. The van der Waals surface area contributed by atoms with E-state index in [9.17, 15) is 4.79 Å². The summed E-state index contributed by atoms with van der Waals surface area (Å²) in [5, 5.41) is 7.03. The molecule has 2 aromatic carbocycles. The zero-order chi connectivity index (χ0) is 17.8. The maximum Gasteiger partial charge on any atom is 0.230 e. The fraction of sp³-hybridized carbons (Fsp3) is 0.111. The summed E-state index contributed by atoms with van der Waals surface area (Å²) in [5.41, 5.74) is 2.95. The van der Waals surface area contributed by atoms with E-state index >= 15 is 0 Å². The van der Waals surface area contributed by atoms with Crippen LogP contribution >= 0.6 is 23.1 Å². The molecule has 0 atom stereocenters. The molecule has 0 aliphatic carbocycles. The molecule has 0 radical (unpaired) electrons. The molecule has 2 aromatic heterocycles. The lowest BCUT2D eigenvalue weighted by Gasteiger charge is -2.06. The molecule has 0 fully saturated rings. The summed E-state index contributed by atoms with van der Waals surface area (Å²) >= 11 is 3.08. The van der Waals surface area contributed by atoms with Crippen molar-refractivity contribution in [1.29, 1.82) is 0 Å². The maximum atomic E-state index is 12.1. The molecule has 26 heavy (non-hydrogen) atoms. The van der Waals surface area contributed by atoms with E-state index in [-0.39, 0.29) is 5.91 Å². The molecule has 1 N–H and O–H groups in total. The van der Waals surface area contributed by atoms with Crippen molar-refractivity contribution in [3.05, 3.63) is 66.7 Å². The third-order valence-electron chi connectivity index (χ3n) is 3.71. The van der Waals surface area contributed by atoms with Crippen LogP contribution in [0.1, 0.15) is 5.56 Å². The molecule has 0 saturated heterocycles. The molecule has 2 heterocycles. The van der Waals surface area contributed by atoms with Crippen molar-refractivity contribution in [2.75, 3.05) is 5.75 Å². The van der Waals surface area contributed by atoms with Gasteiger partial charge >= 0.3 is 0 Å². The fourth-order valence-corrected chi connectivity index (χ4v) is 4.30. The van der Waals surface area contributed by atoms with Crippen molar-refractivity contribution < 1.29 is 4.79 Å². The van der Waals surface area contributed by atoms with Crippen LogP contribution in [-0.4, -0.2) is 31.4 Å². The van der Waals surface area contributed by atoms with Gasteiger partial charge in [-0.3, -0.25) is 4.79 Å². The number of carbonyl (C=O) groups is 1. The Morgan fingerprint density at radius 3 is 2.77 bits per heavy atom. The topological polar surface area (TPSA) is 72.7 Å². The molecular formula is C18H15N5OS2. The molecule has 6 nitrogen and oxygen atoms in total. The highest BCUT2D eigenvalue weighted by atomic mass is 32.2. The summed E-state index contributed by atoms with van der Waals surface area (Å²) in [4.78, 5) is 20.5. The van der Waals surface area contributed by atoms with Crippen molar-refractivity contribution in [1.82, 2.24) is 25.1 Å². The van der Waals surface area contributed by atoms with Crippen LogP contribution in [0.4, 0.5) is 0 Å². The lowest BCUT2D eigenvalue weighted by molar-refractivity contribution is -0.118. The number of nitrogens with one attached hydrogen (secondary N) is 1. The molecule has 1 amide bonds. The van der Waals surface area contributed by atoms with Gasteiger partial charge in [-0.2, -0.15) is 5.10 Å². The highest BCUT2D eigenvalue weighted by Crippen LogP contribution is 2.29. The second kappa shape index (κ2) is 7.67. The van der Waals surface area contributed by atoms with Gasteiger partial charge in [-0.25, -0.2) is 14.6 Å². The van der Waals surface area contributed by atoms with E-state index in [0.717, 1.165) is 25.8 Å². The van der Waals surface area contributed by atoms with Gasteiger partial charge in [0, 0.05) is 6.54 Å². The number of amides is 1. The number of aromatic nitrogens is 4. The number of hydrogen-bond donors (Lipinski definition) is 1. The van der Waals surface area contributed by atoms with Gasteiger partial charge in [-0.15, -0.1) is 11.3 Å². The normalized spacial score (nSPS) is 10.9. The number of carbonyl (C=O) groups excluding carboxylic acids is 1. The van der Waals surface area contributed by atoms with E-state index in [4.69, 9.17) is 0 Å². The van der Waals surface area contributed by atoms with Gasteiger partial charge in [0.1, 0.15) is 12.7 Å². The molecule has 0 aliphatic rings. The number of thiazole rings is 1. The average Bonchev–Trinajstić information content (AvgIpc) is 3.34. The van der Waals surface area contributed by atoms with Crippen molar-refractivity contribution in [3.8, 4) is 5.69 Å². The molecule has 4 aromatic rings. The first-order chi connectivity index (χ1) is 12.8. The smallest absolute Gasteiger partial charge is 0.230 e. The van der Waals surface area contributed by atoms with E-state index in [2.05, 4.69) is 20.4 Å². The molecular weight excluding hydrogens is 366 g/mol. The van der Waals surface area contributed by atoms with Crippen LogP contribution in [-0.2, 0) is 11.3 Å². The number of fused-ring (bicyclic) bond motifs is 1. The molecule has 0 aliphatic heterocycles. The summed E-state index contributed by atoms with van der Waals surface area (Å²) < 4.78 is 3.75. The third kappa shape index (κ3) is 3.92.